The molecule has 2 N–H and O–H groups in total. The smallest absolute Gasteiger partial charge is 0.264 e. The standard InChI is InChI=1S/C16H14ClN3O5S2/c17-16-15(7-2-8-18-16)27(23,24)20-12-4-1-6-14(10-12)26(21,22)19-11-13-5-3-9-25-13/h1-10,19-20H,11H2. The van der Waals surface area contributed by atoms with Crippen LogP contribution in [-0.2, 0) is 26.6 Å². The molecule has 0 spiro atoms. The van der Waals surface area contributed by atoms with E-state index in [1.807, 2.05) is 0 Å². The number of sulfonamides is 2. The molecule has 3 aromatic rings. The second-order valence-electron chi connectivity index (χ2n) is 5.33. The highest BCUT2D eigenvalue weighted by atomic mass is 35.5. The average Bonchev–Trinajstić information content (AvgIpc) is 3.14. The van der Waals surface area contributed by atoms with E-state index in [4.69, 9.17) is 16.0 Å². The highest BCUT2D eigenvalue weighted by Gasteiger charge is 2.20. The van der Waals surface area contributed by atoms with E-state index in [2.05, 4.69) is 14.4 Å². The van der Waals surface area contributed by atoms with Gasteiger partial charge in [-0.25, -0.2) is 26.5 Å². The molecule has 11 heteroatoms. The maximum absolute atomic E-state index is 12.5. The number of rotatable bonds is 7. The average molecular weight is 428 g/mol. The molecule has 0 aliphatic rings. The number of benzene rings is 1. The molecule has 8 nitrogen and oxygen atoms in total. The number of nitrogens with zero attached hydrogens (tertiary/aromatic N) is 1. The third kappa shape index (κ3) is 4.66. The van der Waals surface area contributed by atoms with Crippen LogP contribution in [0.3, 0.4) is 0 Å². The summed E-state index contributed by atoms with van der Waals surface area (Å²) in [5.41, 5.74) is 0.0655. The molecular formula is C16H14ClN3O5S2. The second kappa shape index (κ2) is 7.69. The third-order valence-electron chi connectivity index (χ3n) is 3.43. The topological polar surface area (TPSA) is 118 Å². The first kappa shape index (κ1) is 19.4. The number of furan rings is 1. The third-order valence-corrected chi connectivity index (χ3v) is 6.65. The lowest BCUT2D eigenvalue weighted by Crippen LogP contribution is -2.23. The minimum atomic E-state index is -4.03. The van der Waals surface area contributed by atoms with Crippen LogP contribution in [0.1, 0.15) is 5.76 Å². The van der Waals surface area contributed by atoms with E-state index >= 15 is 0 Å². The summed E-state index contributed by atoms with van der Waals surface area (Å²) >= 11 is 5.82. The quantitative estimate of drug-likeness (QED) is 0.559. The number of hydrogen-bond acceptors (Lipinski definition) is 6. The number of pyridine rings is 1. The lowest BCUT2D eigenvalue weighted by Gasteiger charge is -2.11. The Bertz CT molecular complexity index is 1150. The Morgan fingerprint density at radius 3 is 2.52 bits per heavy atom. The molecule has 1 aromatic carbocycles. The van der Waals surface area contributed by atoms with E-state index in [0.717, 1.165) is 0 Å². The van der Waals surface area contributed by atoms with Crippen molar-refractivity contribution in [1.29, 1.82) is 0 Å². The normalized spacial score (nSPS) is 12.0. The van der Waals surface area contributed by atoms with Crippen molar-refractivity contribution in [3.05, 3.63) is 71.9 Å². The number of aromatic nitrogens is 1. The van der Waals surface area contributed by atoms with Gasteiger partial charge in [-0.1, -0.05) is 17.7 Å². The van der Waals surface area contributed by atoms with Gasteiger partial charge < -0.3 is 4.42 Å². The molecule has 0 aliphatic carbocycles. The zero-order chi connectivity index (χ0) is 19.5. The molecule has 3 rings (SSSR count). The van der Waals surface area contributed by atoms with Gasteiger partial charge in [-0.15, -0.1) is 0 Å². The molecule has 27 heavy (non-hydrogen) atoms. The lowest BCUT2D eigenvalue weighted by atomic mass is 10.3. The summed E-state index contributed by atoms with van der Waals surface area (Å²) in [6.07, 6.45) is 2.79. The summed E-state index contributed by atoms with van der Waals surface area (Å²) in [5, 5.41) is -0.186. The summed E-state index contributed by atoms with van der Waals surface area (Å²) in [5.74, 6) is 0.446. The molecule has 0 fully saturated rings. The molecule has 0 saturated carbocycles. The Hall–Kier alpha value is -2.40. The monoisotopic (exact) mass is 427 g/mol. The minimum Gasteiger partial charge on any atom is -0.468 e. The number of hydrogen-bond donors (Lipinski definition) is 2. The van der Waals surface area contributed by atoms with E-state index in [1.165, 1.54) is 48.9 Å². The van der Waals surface area contributed by atoms with Crippen LogP contribution in [0.4, 0.5) is 5.69 Å². The first-order chi connectivity index (χ1) is 12.8. The minimum absolute atomic E-state index is 0.0312. The Kier molecular flexibility index (Phi) is 5.51. The van der Waals surface area contributed by atoms with E-state index < -0.39 is 20.0 Å². The van der Waals surface area contributed by atoms with Gasteiger partial charge in [-0.05, 0) is 42.5 Å². The van der Waals surface area contributed by atoms with Crippen LogP contribution in [0, 0.1) is 0 Å². The molecular weight excluding hydrogens is 414 g/mol. The molecule has 2 heterocycles. The lowest BCUT2D eigenvalue weighted by molar-refractivity contribution is 0.498. The molecule has 0 amide bonds. The fraction of sp³-hybridized carbons (Fsp3) is 0.0625. The van der Waals surface area contributed by atoms with Crippen molar-refractivity contribution in [2.45, 2.75) is 16.3 Å². The maximum atomic E-state index is 12.5. The summed E-state index contributed by atoms with van der Waals surface area (Å²) in [6.45, 7) is -0.0312. The number of nitrogens with one attached hydrogen (secondary N) is 2. The van der Waals surface area contributed by atoms with Crippen molar-refractivity contribution in [3.63, 3.8) is 0 Å². The number of anilines is 1. The van der Waals surface area contributed by atoms with Gasteiger partial charge in [0.25, 0.3) is 10.0 Å². The predicted octanol–water partition coefficient (Wildman–Crippen LogP) is 2.61. The van der Waals surface area contributed by atoms with Crippen LogP contribution >= 0.6 is 11.6 Å². The first-order valence-electron chi connectivity index (χ1n) is 7.53. The van der Waals surface area contributed by atoms with E-state index in [-0.39, 0.29) is 27.2 Å². The Morgan fingerprint density at radius 1 is 1.00 bits per heavy atom. The molecule has 0 radical (unpaired) electrons. The fourth-order valence-electron chi connectivity index (χ4n) is 2.17. The summed E-state index contributed by atoms with van der Waals surface area (Å²) in [7, 11) is -7.90. The van der Waals surface area contributed by atoms with Gasteiger partial charge in [0.15, 0.2) is 0 Å². The Labute approximate surface area is 161 Å². The molecule has 142 valence electrons. The fourth-order valence-corrected chi connectivity index (χ4v) is 4.71. The van der Waals surface area contributed by atoms with Crippen molar-refractivity contribution in [2.24, 2.45) is 0 Å². The summed E-state index contributed by atoms with van der Waals surface area (Å²) in [4.78, 5) is 3.41. The van der Waals surface area contributed by atoms with Crippen molar-refractivity contribution in [2.75, 3.05) is 4.72 Å². The number of halogens is 1. The van der Waals surface area contributed by atoms with E-state index in [0.29, 0.717) is 5.76 Å². The van der Waals surface area contributed by atoms with E-state index in [1.54, 1.807) is 12.1 Å². The zero-order valence-corrected chi connectivity index (χ0v) is 16.1. The summed E-state index contributed by atoms with van der Waals surface area (Å²) < 4.78 is 59.5. The van der Waals surface area contributed by atoms with Crippen molar-refractivity contribution in [3.8, 4) is 0 Å². The summed E-state index contributed by atoms with van der Waals surface area (Å²) in [6, 6.07) is 11.4. The van der Waals surface area contributed by atoms with Gasteiger partial charge in [0.05, 0.1) is 23.4 Å². The largest absolute Gasteiger partial charge is 0.468 e. The molecule has 2 aromatic heterocycles. The Morgan fingerprint density at radius 2 is 1.81 bits per heavy atom. The van der Waals surface area contributed by atoms with Crippen LogP contribution in [0.25, 0.3) is 0 Å². The van der Waals surface area contributed by atoms with Crippen LogP contribution in [0.15, 0.2) is 75.2 Å². The zero-order valence-electron chi connectivity index (χ0n) is 13.7. The highest BCUT2D eigenvalue weighted by Crippen LogP contribution is 2.23. The maximum Gasteiger partial charge on any atom is 0.264 e. The van der Waals surface area contributed by atoms with E-state index in [9.17, 15) is 16.8 Å². The van der Waals surface area contributed by atoms with Gasteiger partial charge in [0.1, 0.15) is 15.8 Å². The van der Waals surface area contributed by atoms with Gasteiger partial charge in [-0.2, -0.15) is 0 Å². The van der Waals surface area contributed by atoms with Crippen LogP contribution in [0.2, 0.25) is 5.15 Å². The van der Waals surface area contributed by atoms with Crippen molar-refractivity contribution in [1.82, 2.24) is 9.71 Å². The predicted molar refractivity (Wildman–Crippen MR) is 99.2 cm³/mol. The highest BCUT2D eigenvalue weighted by molar-refractivity contribution is 7.92. The molecule has 0 unspecified atom stereocenters. The molecule has 0 atom stereocenters. The second-order valence-corrected chi connectivity index (χ2v) is 9.11. The van der Waals surface area contributed by atoms with Crippen LogP contribution < -0.4 is 9.44 Å². The Balaban J connectivity index is 1.82. The van der Waals surface area contributed by atoms with Gasteiger partial charge in [0, 0.05) is 6.20 Å². The van der Waals surface area contributed by atoms with Gasteiger partial charge in [-0.3, -0.25) is 4.72 Å². The first-order valence-corrected chi connectivity index (χ1v) is 10.9. The SMILES string of the molecule is O=S(=O)(NCc1ccco1)c1cccc(NS(=O)(=O)c2cccnc2Cl)c1. The van der Waals surface area contributed by atoms with Crippen LogP contribution in [-0.4, -0.2) is 21.8 Å². The molecule has 0 aliphatic heterocycles. The molecule has 0 bridgehead atoms. The molecule has 0 saturated heterocycles. The van der Waals surface area contributed by atoms with Crippen LogP contribution in [0.5, 0.6) is 0 Å². The van der Waals surface area contributed by atoms with Gasteiger partial charge in [0.2, 0.25) is 10.0 Å². The van der Waals surface area contributed by atoms with Gasteiger partial charge >= 0.3 is 0 Å². The van der Waals surface area contributed by atoms with Crippen molar-refractivity contribution >= 4 is 37.3 Å². The van der Waals surface area contributed by atoms with Crippen molar-refractivity contribution < 1.29 is 21.3 Å².